The van der Waals surface area contributed by atoms with Gasteiger partial charge < -0.3 is 34.8 Å². The van der Waals surface area contributed by atoms with Crippen molar-refractivity contribution in [3.8, 4) is 11.5 Å². The van der Waals surface area contributed by atoms with Gasteiger partial charge >= 0.3 is 0 Å². The Kier molecular flexibility index (Phi) is 18.3. The fourth-order valence-corrected chi connectivity index (χ4v) is 7.98. The lowest BCUT2D eigenvalue weighted by Crippen LogP contribution is -2.28. The summed E-state index contributed by atoms with van der Waals surface area (Å²) in [4.78, 5) is 20.5. The van der Waals surface area contributed by atoms with Crippen LogP contribution in [0.25, 0.3) is 0 Å². The van der Waals surface area contributed by atoms with E-state index in [0.717, 1.165) is 37.1 Å². The third-order valence-corrected chi connectivity index (χ3v) is 12.2. The number of azo groups is 2. The lowest BCUT2D eigenvalue weighted by Gasteiger charge is -2.26. The van der Waals surface area contributed by atoms with Gasteiger partial charge in [-0.3, -0.25) is 9.11 Å². The summed E-state index contributed by atoms with van der Waals surface area (Å²) in [6.45, 7) is 16.3. The van der Waals surface area contributed by atoms with Gasteiger partial charge in [-0.25, -0.2) is 0 Å². The molecule has 0 bridgehead atoms. The van der Waals surface area contributed by atoms with Crippen molar-refractivity contribution in [1.82, 2.24) is 15.0 Å². The van der Waals surface area contributed by atoms with Crippen LogP contribution in [-0.2, 0) is 20.2 Å². The first-order valence-corrected chi connectivity index (χ1v) is 24.9. The largest absolute Gasteiger partial charge is 0.494 e. The SMILES string of the molecule is CCCCN(CCCC)c1nc(Nc2cc(N(CC)CC)c(OC)cc2N=Nc2cccc(S(=O)(=O)O)c2)nc(Nc2cc(N(CC)CC)c(OC)cc2N=Nc2cccc(S(=O)(=O)O)c2)n1. The van der Waals surface area contributed by atoms with E-state index < -0.39 is 20.2 Å². The molecule has 0 aliphatic heterocycles. The number of anilines is 7. The van der Waals surface area contributed by atoms with Gasteiger partial charge in [0.05, 0.1) is 58.1 Å². The van der Waals surface area contributed by atoms with Gasteiger partial charge in [0.1, 0.15) is 22.9 Å². The molecule has 0 spiro atoms. The highest BCUT2D eigenvalue weighted by atomic mass is 32.2. The number of methoxy groups -OCH3 is 2. The van der Waals surface area contributed by atoms with Gasteiger partial charge in [0, 0.05) is 51.4 Å². The Balaban J connectivity index is 1.72. The number of rotatable bonds is 25. The van der Waals surface area contributed by atoms with Gasteiger partial charge in [0.2, 0.25) is 17.8 Å². The predicted molar refractivity (Wildman–Crippen MR) is 262 cm³/mol. The van der Waals surface area contributed by atoms with Crippen molar-refractivity contribution in [3.63, 3.8) is 0 Å². The Morgan fingerprint density at radius 2 is 0.955 bits per heavy atom. The lowest BCUT2D eigenvalue weighted by molar-refractivity contribution is 0.414. The molecule has 0 unspecified atom stereocenters. The monoisotopic (exact) mass is 960 g/mol. The second-order valence-corrected chi connectivity index (χ2v) is 17.8. The summed E-state index contributed by atoms with van der Waals surface area (Å²) in [5.41, 5.74) is 3.32. The first-order chi connectivity index (χ1) is 32.1. The molecule has 1 heterocycles. The fraction of sp³-hybridized carbons (Fsp3) is 0.400. The number of nitrogens with zero attached hydrogens (tertiary/aromatic N) is 10. The second-order valence-electron chi connectivity index (χ2n) is 15.0. The molecule has 0 radical (unpaired) electrons. The summed E-state index contributed by atoms with van der Waals surface area (Å²) in [5.74, 6) is 1.71. The normalized spacial score (nSPS) is 11.9. The van der Waals surface area contributed by atoms with E-state index in [-0.39, 0.29) is 33.1 Å². The van der Waals surface area contributed by atoms with Gasteiger partial charge in [-0.15, -0.1) is 10.2 Å². The molecule has 360 valence electrons. The molecule has 4 N–H and O–H groups in total. The van der Waals surface area contributed by atoms with E-state index in [1.54, 1.807) is 38.5 Å². The standard InChI is InChI=1S/C45H60N12O8S2/c1-9-15-23-57(24-16-10-2)45-49-43(46-35-27-39(55(11-3)12-4)41(64-7)29-37(35)53-51-31-19-17-21-33(25-31)66(58,59)60)48-44(50-45)47-36-28-40(56(13-5)14-6)42(65-8)30-38(36)54-52-32-20-18-22-34(26-32)67(61,62)63/h17-22,25-30H,9-16,23-24H2,1-8H3,(H,58,59,60)(H,61,62,63)(H2,46,47,48,49,50). The van der Waals surface area contributed by atoms with Crippen molar-refractivity contribution < 1.29 is 35.4 Å². The Hall–Kier alpha value is -6.49. The number of aromatic nitrogens is 3. The third-order valence-electron chi connectivity index (χ3n) is 10.5. The highest BCUT2D eigenvalue weighted by molar-refractivity contribution is 7.86. The summed E-state index contributed by atoms with van der Waals surface area (Å²) in [5, 5.41) is 24.5. The molecule has 0 aliphatic carbocycles. The van der Waals surface area contributed by atoms with E-state index in [4.69, 9.17) is 24.4 Å². The van der Waals surface area contributed by atoms with Crippen molar-refractivity contribution in [2.24, 2.45) is 20.5 Å². The Labute approximate surface area is 393 Å². The molecular formula is C45H60N12O8S2. The second kappa shape index (κ2) is 23.8. The van der Waals surface area contributed by atoms with Crippen LogP contribution < -0.4 is 34.8 Å². The van der Waals surface area contributed by atoms with E-state index in [1.807, 2.05) is 39.8 Å². The quantitative estimate of drug-likeness (QED) is 0.0313. The zero-order chi connectivity index (χ0) is 48.7. The van der Waals surface area contributed by atoms with Crippen LogP contribution >= 0.6 is 0 Å². The molecule has 0 fully saturated rings. The van der Waals surface area contributed by atoms with Crippen molar-refractivity contribution in [3.05, 3.63) is 72.8 Å². The predicted octanol–water partition coefficient (Wildman–Crippen LogP) is 10.8. The van der Waals surface area contributed by atoms with E-state index in [0.29, 0.717) is 79.5 Å². The highest BCUT2D eigenvalue weighted by Gasteiger charge is 2.21. The Morgan fingerprint density at radius 3 is 1.30 bits per heavy atom. The van der Waals surface area contributed by atoms with Crippen LogP contribution in [0.4, 0.5) is 63.3 Å². The van der Waals surface area contributed by atoms with Crippen LogP contribution in [0.1, 0.15) is 67.2 Å². The summed E-state index contributed by atoms with van der Waals surface area (Å²) in [6.07, 6.45) is 3.63. The molecular weight excluding hydrogens is 901 g/mol. The van der Waals surface area contributed by atoms with Gasteiger partial charge in [-0.05, 0) is 89.1 Å². The molecule has 5 aromatic rings. The number of ether oxygens (including phenoxy) is 2. The number of hydrogen-bond acceptors (Lipinski definition) is 18. The molecule has 0 amide bonds. The highest BCUT2D eigenvalue weighted by Crippen LogP contribution is 2.43. The van der Waals surface area contributed by atoms with Crippen LogP contribution in [0.5, 0.6) is 11.5 Å². The summed E-state index contributed by atoms with van der Waals surface area (Å²) in [6, 6.07) is 18.1. The van der Waals surface area contributed by atoms with Gasteiger partial charge in [0.25, 0.3) is 20.2 Å². The van der Waals surface area contributed by atoms with Crippen LogP contribution in [-0.4, -0.2) is 94.4 Å². The molecule has 0 saturated heterocycles. The average Bonchev–Trinajstić information content (AvgIpc) is 3.31. The average molecular weight is 961 g/mol. The smallest absolute Gasteiger partial charge is 0.294 e. The van der Waals surface area contributed by atoms with E-state index >= 15 is 0 Å². The van der Waals surface area contributed by atoms with Crippen molar-refractivity contribution >= 4 is 83.6 Å². The maximum atomic E-state index is 11.9. The third kappa shape index (κ3) is 13.8. The summed E-state index contributed by atoms with van der Waals surface area (Å²) in [7, 11) is -5.89. The molecule has 1 aromatic heterocycles. The molecule has 20 nitrogen and oxygen atoms in total. The van der Waals surface area contributed by atoms with E-state index in [1.165, 1.54) is 36.4 Å². The summed E-state index contributed by atoms with van der Waals surface area (Å²) >= 11 is 0. The number of hydrogen-bond donors (Lipinski definition) is 4. The first kappa shape index (κ1) is 51.5. The molecule has 0 aliphatic rings. The van der Waals surface area contributed by atoms with Gasteiger partial charge in [-0.2, -0.15) is 42.0 Å². The Morgan fingerprint density at radius 1 is 0.552 bits per heavy atom. The molecule has 0 atom stereocenters. The van der Waals surface area contributed by atoms with E-state index in [9.17, 15) is 25.9 Å². The first-order valence-electron chi connectivity index (χ1n) is 22.1. The summed E-state index contributed by atoms with van der Waals surface area (Å²) < 4.78 is 78.7. The van der Waals surface area contributed by atoms with Crippen LogP contribution in [0.3, 0.4) is 0 Å². The zero-order valence-electron chi connectivity index (χ0n) is 39.1. The number of unbranched alkanes of at least 4 members (excludes halogenated alkanes) is 2. The minimum atomic E-state index is -4.50. The van der Waals surface area contributed by atoms with Crippen LogP contribution in [0.2, 0.25) is 0 Å². The maximum Gasteiger partial charge on any atom is 0.294 e. The van der Waals surface area contributed by atoms with Crippen molar-refractivity contribution in [2.75, 3.05) is 78.8 Å². The van der Waals surface area contributed by atoms with E-state index in [2.05, 4.69) is 59.6 Å². The molecule has 4 aromatic carbocycles. The minimum Gasteiger partial charge on any atom is -0.494 e. The van der Waals surface area contributed by atoms with Crippen molar-refractivity contribution in [2.45, 2.75) is 77.0 Å². The molecule has 0 saturated carbocycles. The Bertz CT molecular complexity index is 2570. The topological polar surface area (TPSA) is 249 Å². The van der Waals surface area contributed by atoms with Gasteiger partial charge in [0.15, 0.2) is 0 Å². The molecule has 5 rings (SSSR count). The lowest BCUT2D eigenvalue weighted by atomic mass is 10.2. The molecule has 67 heavy (non-hydrogen) atoms. The maximum absolute atomic E-state index is 11.9. The van der Waals surface area contributed by atoms with Crippen LogP contribution in [0.15, 0.2) is 103 Å². The van der Waals surface area contributed by atoms with Crippen molar-refractivity contribution in [1.29, 1.82) is 0 Å². The number of nitrogens with one attached hydrogen (secondary N) is 2. The minimum absolute atomic E-state index is 0.147. The molecule has 22 heteroatoms. The van der Waals surface area contributed by atoms with Crippen LogP contribution in [0, 0.1) is 0 Å². The fourth-order valence-electron chi connectivity index (χ4n) is 6.94. The zero-order valence-corrected chi connectivity index (χ0v) is 40.8. The van der Waals surface area contributed by atoms with Gasteiger partial charge in [-0.1, -0.05) is 38.8 Å². The number of benzene rings is 4.